The largest absolute Gasteiger partial charge is 0.449 e. The van der Waals surface area contributed by atoms with Crippen molar-refractivity contribution in [2.24, 2.45) is 0 Å². The highest BCUT2D eigenvalue weighted by molar-refractivity contribution is 5.93. The van der Waals surface area contributed by atoms with Crippen molar-refractivity contribution in [3.05, 3.63) is 222 Å². The molecule has 0 fully saturated rings. The van der Waals surface area contributed by atoms with Gasteiger partial charge in [0.25, 0.3) is 0 Å². The fraction of sp³-hybridized carbons (Fsp3) is 0.0702. The molecule has 2 aliphatic carbocycles. The van der Waals surface area contributed by atoms with Gasteiger partial charge in [0.2, 0.25) is 0 Å². The highest BCUT2D eigenvalue weighted by Gasteiger charge is 2.48. The van der Waals surface area contributed by atoms with Crippen molar-refractivity contribution >= 4 is 11.3 Å². The zero-order valence-corrected chi connectivity index (χ0v) is 34.0. The van der Waals surface area contributed by atoms with Gasteiger partial charge in [0.1, 0.15) is 0 Å². The summed E-state index contributed by atoms with van der Waals surface area (Å²) in [5.41, 5.74) is 24.5. The van der Waals surface area contributed by atoms with E-state index in [0.717, 1.165) is 79.5 Å². The number of allylic oxidation sites excluding steroid dienone is 6. The molecule has 2 N–H and O–H groups in total. The molecule has 4 heteroatoms. The molecule has 0 saturated carbocycles. The minimum atomic E-state index is -0.386. The number of pyridine rings is 1. The van der Waals surface area contributed by atoms with Crippen molar-refractivity contribution in [2.75, 3.05) is 5.73 Å². The molecule has 0 radical (unpaired) electrons. The summed E-state index contributed by atoms with van der Waals surface area (Å²) in [5, 5.41) is 0. The fourth-order valence-electron chi connectivity index (χ4n) is 9.62. The van der Waals surface area contributed by atoms with Gasteiger partial charge in [0.05, 0.1) is 16.8 Å². The van der Waals surface area contributed by atoms with Gasteiger partial charge in [-0.05, 0) is 124 Å². The molecule has 0 saturated heterocycles. The lowest BCUT2D eigenvalue weighted by Gasteiger charge is -2.36. The van der Waals surface area contributed by atoms with E-state index in [4.69, 9.17) is 20.2 Å². The van der Waals surface area contributed by atoms with Crippen LogP contribution in [0.3, 0.4) is 0 Å². The van der Waals surface area contributed by atoms with E-state index in [1.54, 1.807) is 0 Å². The van der Waals surface area contributed by atoms with Crippen molar-refractivity contribution in [2.45, 2.75) is 25.7 Å². The van der Waals surface area contributed by atoms with Crippen molar-refractivity contribution < 1.29 is 9.47 Å². The summed E-state index contributed by atoms with van der Waals surface area (Å²) in [6.45, 7) is 4.40. The Morgan fingerprint density at radius 2 is 1.18 bits per heavy atom. The Morgan fingerprint density at radius 1 is 0.557 bits per heavy atom. The van der Waals surface area contributed by atoms with E-state index in [9.17, 15) is 0 Å². The Kier molecular flexibility index (Phi) is 8.68. The number of hydrogen-bond acceptors (Lipinski definition) is 4. The number of rotatable bonds is 7. The van der Waals surface area contributed by atoms with E-state index in [0.29, 0.717) is 11.5 Å². The topological polar surface area (TPSA) is 57.4 Å². The summed E-state index contributed by atoms with van der Waals surface area (Å²) in [6, 6.07) is 61.4. The number of nitrogens with zero attached hydrogens (tertiary/aromatic N) is 1. The molecular formula is C57H42N2O2. The summed E-state index contributed by atoms with van der Waals surface area (Å²) >= 11 is 0. The molecule has 61 heavy (non-hydrogen) atoms. The van der Waals surface area contributed by atoms with Gasteiger partial charge in [-0.3, -0.25) is 0 Å². The molecule has 4 nitrogen and oxygen atoms in total. The SMILES string of the molecule is C/C=C(\C)C1(c2ccccc2)C2=C(C=CC2)c2cc3c(cc21)Oc1c(cccc1-c1ccc(-c2cc(-c4cccc(-c5cccc(N)c5)c4)cc(-c4ccccc4)n2)cc1)O3. The van der Waals surface area contributed by atoms with Crippen LogP contribution in [0.5, 0.6) is 23.0 Å². The molecular weight excluding hydrogens is 745 g/mol. The zero-order chi connectivity index (χ0) is 41.1. The molecule has 3 aliphatic rings. The van der Waals surface area contributed by atoms with Crippen molar-refractivity contribution in [3.8, 4) is 78.9 Å². The summed E-state index contributed by atoms with van der Waals surface area (Å²) in [7, 11) is 0. The van der Waals surface area contributed by atoms with E-state index < -0.39 is 0 Å². The van der Waals surface area contributed by atoms with Gasteiger partial charge in [-0.1, -0.05) is 151 Å². The number of anilines is 1. The average Bonchev–Trinajstić information content (AvgIpc) is 3.91. The number of fused-ring (bicyclic) bond motifs is 4. The monoisotopic (exact) mass is 786 g/mol. The lowest BCUT2D eigenvalue weighted by molar-refractivity contribution is 0.360. The fourth-order valence-corrected chi connectivity index (χ4v) is 9.62. The summed E-state index contributed by atoms with van der Waals surface area (Å²) in [5.74, 6) is 2.86. The van der Waals surface area contributed by atoms with Crippen LogP contribution in [-0.2, 0) is 5.41 Å². The molecule has 7 aromatic carbocycles. The third kappa shape index (κ3) is 6.02. The molecule has 1 atom stereocenters. The lowest BCUT2D eigenvalue weighted by Crippen LogP contribution is -2.29. The molecule has 1 aromatic heterocycles. The van der Waals surface area contributed by atoms with Crippen LogP contribution in [0.15, 0.2) is 205 Å². The predicted molar refractivity (Wildman–Crippen MR) is 250 cm³/mol. The smallest absolute Gasteiger partial charge is 0.177 e. The number of para-hydroxylation sites is 1. The quantitative estimate of drug-likeness (QED) is 0.129. The van der Waals surface area contributed by atoms with Crippen LogP contribution in [0.25, 0.3) is 61.5 Å². The number of hydrogen-bond donors (Lipinski definition) is 1. The van der Waals surface area contributed by atoms with Crippen LogP contribution in [0.2, 0.25) is 0 Å². The molecule has 0 bridgehead atoms. The van der Waals surface area contributed by atoms with E-state index in [-0.39, 0.29) is 5.41 Å². The first kappa shape index (κ1) is 36.4. The van der Waals surface area contributed by atoms with Crippen LogP contribution in [0.4, 0.5) is 5.69 Å². The predicted octanol–water partition coefficient (Wildman–Crippen LogP) is 14.9. The van der Waals surface area contributed by atoms with Crippen LogP contribution in [-0.4, -0.2) is 4.98 Å². The zero-order valence-electron chi connectivity index (χ0n) is 34.0. The second-order valence-corrected chi connectivity index (χ2v) is 16.0. The van der Waals surface area contributed by atoms with Gasteiger partial charge in [-0.2, -0.15) is 0 Å². The Hall–Kier alpha value is -7.69. The number of ether oxygens (including phenoxy) is 2. The van der Waals surface area contributed by atoms with Gasteiger partial charge in [-0.25, -0.2) is 4.98 Å². The average molecular weight is 787 g/mol. The molecule has 0 spiro atoms. The van der Waals surface area contributed by atoms with E-state index in [2.05, 4.69) is 172 Å². The number of benzene rings is 7. The van der Waals surface area contributed by atoms with Gasteiger partial charge in [-0.15, -0.1) is 0 Å². The second-order valence-electron chi connectivity index (χ2n) is 16.0. The molecule has 1 unspecified atom stereocenters. The van der Waals surface area contributed by atoms with Crippen LogP contribution >= 0.6 is 0 Å². The van der Waals surface area contributed by atoms with Crippen LogP contribution in [0, 0.1) is 0 Å². The number of nitrogen functional groups attached to an aromatic ring is 1. The second kappa shape index (κ2) is 14.5. The normalized spacial score (nSPS) is 16.0. The first-order valence-electron chi connectivity index (χ1n) is 20.9. The van der Waals surface area contributed by atoms with Gasteiger partial charge < -0.3 is 15.2 Å². The van der Waals surface area contributed by atoms with Crippen molar-refractivity contribution in [1.29, 1.82) is 0 Å². The van der Waals surface area contributed by atoms with E-state index >= 15 is 0 Å². The summed E-state index contributed by atoms with van der Waals surface area (Å²) in [6.07, 6.45) is 7.73. The van der Waals surface area contributed by atoms with E-state index in [1.165, 1.54) is 33.4 Å². The molecule has 1 aliphatic heterocycles. The number of nitrogens with two attached hydrogens (primary N) is 1. The molecule has 11 rings (SSSR count). The van der Waals surface area contributed by atoms with Gasteiger partial charge in [0, 0.05) is 22.4 Å². The molecule has 0 amide bonds. The van der Waals surface area contributed by atoms with Crippen molar-refractivity contribution in [1.82, 2.24) is 4.98 Å². The lowest BCUT2D eigenvalue weighted by atomic mass is 9.66. The third-order valence-electron chi connectivity index (χ3n) is 12.6. The molecule has 8 aromatic rings. The molecule has 2 heterocycles. The van der Waals surface area contributed by atoms with Crippen molar-refractivity contribution in [3.63, 3.8) is 0 Å². The Morgan fingerprint density at radius 3 is 1.92 bits per heavy atom. The van der Waals surface area contributed by atoms with Gasteiger partial charge >= 0.3 is 0 Å². The summed E-state index contributed by atoms with van der Waals surface area (Å²) in [4.78, 5) is 5.22. The highest BCUT2D eigenvalue weighted by atomic mass is 16.6. The third-order valence-corrected chi connectivity index (χ3v) is 12.6. The van der Waals surface area contributed by atoms with E-state index in [1.807, 2.05) is 36.4 Å². The van der Waals surface area contributed by atoms with Gasteiger partial charge in [0.15, 0.2) is 23.0 Å². The van der Waals surface area contributed by atoms with Crippen LogP contribution in [0.1, 0.15) is 37.0 Å². The van der Waals surface area contributed by atoms with Crippen LogP contribution < -0.4 is 15.2 Å². The highest BCUT2D eigenvalue weighted by Crippen LogP contribution is 2.61. The minimum Gasteiger partial charge on any atom is -0.449 e. The molecule has 292 valence electrons. The number of aromatic nitrogens is 1. The maximum Gasteiger partial charge on any atom is 0.177 e. The Balaban J connectivity index is 0.963. The minimum absolute atomic E-state index is 0.386. The summed E-state index contributed by atoms with van der Waals surface area (Å²) < 4.78 is 13.7. The standard InChI is InChI=1S/C57H42N2O2/c1-3-36(2)57(44-19-8-5-9-20-44)49-24-12-23-47(49)48-34-54-55(35-50(48)57)61-56-46(22-13-25-53(56)60-54)37-26-28-39(29-27-37)52-33-43(32-51(59-52)38-14-6-4-7-15-38)41-17-10-16-40(30-41)42-18-11-21-45(58)31-42/h3-23,25-35H,24,58H2,1-2H3/b36-3+. The maximum atomic E-state index is 6.95. The Bertz CT molecular complexity index is 3120. The first-order valence-corrected chi connectivity index (χ1v) is 20.9. The maximum absolute atomic E-state index is 6.95. The Labute approximate surface area is 356 Å². The first-order chi connectivity index (χ1) is 30.0.